The van der Waals surface area contributed by atoms with Gasteiger partial charge in [-0.2, -0.15) is 0 Å². The van der Waals surface area contributed by atoms with Gasteiger partial charge in [-0.25, -0.2) is 5.90 Å². The topological polar surface area (TPSA) is 46.2 Å². The van der Waals surface area contributed by atoms with E-state index in [9.17, 15) is 0 Å². The molecule has 0 amide bonds. The smallest absolute Gasteiger partial charge is 0.0238 e. The SMILES string of the molecule is NO.c1ccc(CCc2ccccc2)cc1. The van der Waals surface area contributed by atoms with Crippen molar-refractivity contribution in [3.05, 3.63) is 71.8 Å². The fourth-order valence-corrected chi connectivity index (χ4v) is 1.58. The number of nitrogens with two attached hydrogens (primary N) is 1. The highest BCUT2D eigenvalue weighted by molar-refractivity contribution is 5.19. The Morgan fingerprint density at radius 1 is 0.625 bits per heavy atom. The number of hydrogen-bond donors (Lipinski definition) is 2. The summed E-state index contributed by atoms with van der Waals surface area (Å²) in [4.78, 5) is 0. The maximum Gasteiger partial charge on any atom is -0.0238 e. The first kappa shape index (κ1) is 12.4. The summed E-state index contributed by atoms with van der Waals surface area (Å²) in [5.74, 6) is 3.50. The minimum atomic E-state index is 1.13. The molecular formula is C14H17NO. The van der Waals surface area contributed by atoms with E-state index in [-0.39, 0.29) is 0 Å². The van der Waals surface area contributed by atoms with Crippen molar-refractivity contribution in [2.75, 3.05) is 0 Å². The molecule has 2 aromatic rings. The van der Waals surface area contributed by atoms with E-state index < -0.39 is 0 Å². The van der Waals surface area contributed by atoms with E-state index >= 15 is 0 Å². The molecule has 0 aliphatic heterocycles. The van der Waals surface area contributed by atoms with Gasteiger partial charge in [0, 0.05) is 0 Å². The Labute approximate surface area is 96.3 Å². The first-order chi connectivity index (χ1) is 7.95. The van der Waals surface area contributed by atoms with Gasteiger partial charge in [-0.05, 0) is 24.0 Å². The highest BCUT2D eigenvalue weighted by Gasteiger charge is 1.93. The Hall–Kier alpha value is -1.64. The zero-order chi connectivity index (χ0) is 11.6. The molecule has 0 radical (unpaired) electrons. The molecule has 2 heteroatoms. The zero-order valence-corrected chi connectivity index (χ0v) is 9.21. The monoisotopic (exact) mass is 215 g/mol. The summed E-state index contributed by atoms with van der Waals surface area (Å²) < 4.78 is 0. The van der Waals surface area contributed by atoms with E-state index in [2.05, 4.69) is 66.6 Å². The van der Waals surface area contributed by atoms with Crippen molar-refractivity contribution in [2.45, 2.75) is 12.8 Å². The lowest BCUT2D eigenvalue weighted by Crippen LogP contribution is -1.89. The van der Waals surface area contributed by atoms with Crippen LogP contribution in [0.3, 0.4) is 0 Å². The number of rotatable bonds is 3. The van der Waals surface area contributed by atoms with Gasteiger partial charge in [-0.15, -0.1) is 0 Å². The van der Waals surface area contributed by atoms with E-state index in [1.54, 1.807) is 0 Å². The highest BCUT2D eigenvalue weighted by atomic mass is 16.4. The van der Waals surface area contributed by atoms with Gasteiger partial charge in [0.05, 0.1) is 0 Å². The highest BCUT2D eigenvalue weighted by Crippen LogP contribution is 2.06. The second kappa shape index (κ2) is 7.63. The van der Waals surface area contributed by atoms with Crippen molar-refractivity contribution >= 4 is 0 Å². The summed E-state index contributed by atoms with van der Waals surface area (Å²) in [6.07, 6.45) is 2.26. The fourth-order valence-electron chi connectivity index (χ4n) is 1.58. The normalized spacial score (nSPS) is 9.12. The van der Waals surface area contributed by atoms with Crippen LogP contribution in [0.25, 0.3) is 0 Å². The average molecular weight is 215 g/mol. The van der Waals surface area contributed by atoms with Crippen LogP contribution in [0.15, 0.2) is 60.7 Å². The summed E-state index contributed by atoms with van der Waals surface area (Å²) in [5, 5.41) is 6.50. The van der Waals surface area contributed by atoms with Crippen molar-refractivity contribution in [1.82, 2.24) is 0 Å². The van der Waals surface area contributed by atoms with E-state index in [1.807, 2.05) is 0 Å². The third-order valence-corrected chi connectivity index (χ3v) is 2.39. The molecule has 0 saturated heterocycles. The summed E-state index contributed by atoms with van der Waals surface area (Å²) in [5.41, 5.74) is 2.83. The Morgan fingerprint density at radius 3 is 1.25 bits per heavy atom. The molecular weight excluding hydrogens is 198 g/mol. The van der Waals surface area contributed by atoms with E-state index in [4.69, 9.17) is 5.21 Å². The van der Waals surface area contributed by atoms with Crippen molar-refractivity contribution in [2.24, 2.45) is 5.90 Å². The van der Waals surface area contributed by atoms with Gasteiger partial charge in [-0.1, -0.05) is 60.7 Å². The fraction of sp³-hybridized carbons (Fsp3) is 0.143. The number of hydrogen-bond acceptors (Lipinski definition) is 2. The molecule has 0 aliphatic rings. The van der Waals surface area contributed by atoms with Gasteiger partial charge in [-0.3, -0.25) is 0 Å². The van der Waals surface area contributed by atoms with Crippen LogP contribution in [0.2, 0.25) is 0 Å². The lowest BCUT2D eigenvalue weighted by molar-refractivity contribution is 0.311. The van der Waals surface area contributed by atoms with E-state index in [1.165, 1.54) is 11.1 Å². The van der Waals surface area contributed by atoms with Crippen LogP contribution in [0.5, 0.6) is 0 Å². The van der Waals surface area contributed by atoms with Crippen molar-refractivity contribution in [3.8, 4) is 0 Å². The van der Waals surface area contributed by atoms with Crippen molar-refractivity contribution in [3.63, 3.8) is 0 Å². The molecule has 84 valence electrons. The Bertz CT molecular complexity index is 333. The van der Waals surface area contributed by atoms with Crippen molar-refractivity contribution < 1.29 is 5.21 Å². The Balaban J connectivity index is 0.000000606. The van der Waals surface area contributed by atoms with Gasteiger partial charge >= 0.3 is 0 Å². The van der Waals surface area contributed by atoms with Gasteiger partial charge in [0.1, 0.15) is 0 Å². The predicted octanol–water partition coefficient (Wildman–Crippen LogP) is 2.81. The third kappa shape index (κ3) is 4.26. The molecule has 0 aliphatic carbocycles. The second-order valence-corrected chi connectivity index (χ2v) is 3.47. The van der Waals surface area contributed by atoms with Crippen LogP contribution in [-0.2, 0) is 12.8 Å². The Kier molecular flexibility index (Phi) is 5.92. The summed E-state index contributed by atoms with van der Waals surface area (Å²) in [7, 11) is 0. The second-order valence-electron chi connectivity index (χ2n) is 3.47. The Morgan fingerprint density at radius 2 is 0.938 bits per heavy atom. The first-order valence-corrected chi connectivity index (χ1v) is 5.29. The molecule has 0 aromatic heterocycles. The van der Waals surface area contributed by atoms with Crippen LogP contribution in [0.4, 0.5) is 0 Å². The summed E-state index contributed by atoms with van der Waals surface area (Å²) in [6, 6.07) is 21.2. The van der Waals surface area contributed by atoms with Crippen molar-refractivity contribution in [1.29, 1.82) is 0 Å². The molecule has 3 N–H and O–H groups in total. The van der Waals surface area contributed by atoms with Gasteiger partial charge in [0.15, 0.2) is 0 Å². The lowest BCUT2D eigenvalue weighted by Gasteiger charge is -2.01. The molecule has 16 heavy (non-hydrogen) atoms. The van der Waals surface area contributed by atoms with Crippen LogP contribution in [0.1, 0.15) is 11.1 Å². The predicted molar refractivity (Wildman–Crippen MR) is 66.3 cm³/mol. The zero-order valence-electron chi connectivity index (χ0n) is 9.21. The first-order valence-electron chi connectivity index (χ1n) is 5.29. The van der Waals surface area contributed by atoms with Gasteiger partial charge in [0.2, 0.25) is 0 Å². The van der Waals surface area contributed by atoms with Gasteiger partial charge in [0.25, 0.3) is 0 Å². The third-order valence-electron chi connectivity index (χ3n) is 2.39. The molecule has 0 unspecified atom stereocenters. The lowest BCUT2D eigenvalue weighted by atomic mass is 10.0. The van der Waals surface area contributed by atoms with Crippen LogP contribution >= 0.6 is 0 Å². The quantitative estimate of drug-likeness (QED) is 0.773. The molecule has 2 rings (SSSR count). The molecule has 0 atom stereocenters. The van der Waals surface area contributed by atoms with E-state index in [0.717, 1.165) is 12.8 Å². The summed E-state index contributed by atoms with van der Waals surface area (Å²) >= 11 is 0. The summed E-state index contributed by atoms with van der Waals surface area (Å²) in [6.45, 7) is 0. The molecule has 2 aromatic carbocycles. The maximum absolute atomic E-state index is 6.50. The number of aryl methyl sites for hydroxylation is 2. The molecule has 0 spiro atoms. The van der Waals surface area contributed by atoms with E-state index in [0.29, 0.717) is 0 Å². The molecule has 0 fully saturated rings. The average Bonchev–Trinajstić information content (AvgIpc) is 2.41. The molecule has 0 heterocycles. The maximum atomic E-state index is 6.50. The minimum absolute atomic E-state index is 1.13. The van der Waals surface area contributed by atoms with Gasteiger partial charge < -0.3 is 5.21 Å². The molecule has 0 saturated carbocycles. The number of benzene rings is 2. The van der Waals surface area contributed by atoms with Crippen LogP contribution in [-0.4, -0.2) is 5.21 Å². The molecule has 0 bridgehead atoms. The van der Waals surface area contributed by atoms with Crippen LogP contribution in [0, 0.1) is 0 Å². The standard InChI is InChI=1S/C14H14.H3NO/c1-3-7-13(8-4-1)11-12-14-9-5-2-6-10-14;1-2/h1-10H,11-12H2;2H,1H2. The van der Waals surface area contributed by atoms with Crippen LogP contribution < -0.4 is 5.90 Å². The minimum Gasteiger partial charge on any atom is -0.320 e. The molecule has 2 nitrogen and oxygen atoms in total. The largest absolute Gasteiger partial charge is 0.320 e.